The van der Waals surface area contributed by atoms with Gasteiger partial charge in [0.25, 0.3) is 5.91 Å². The molecule has 0 aliphatic rings. The van der Waals surface area contributed by atoms with E-state index in [2.05, 4.69) is 9.82 Å². The van der Waals surface area contributed by atoms with E-state index < -0.39 is 27.6 Å². The number of carbonyl (C=O) groups excluding carboxylic acids is 1. The van der Waals surface area contributed by atoms with Crippen LogP contribution in [-0.4, -0.2) is 10.9 Å². The lowest BCUT2D eigenvalue weighted by molar-refractivity contribution is -0.272. The molecule has 1 amide bonds. The van der Waals surface area contributed by atoms with E-state index in [4.69, 9.17) is 27.6 Å². The number of furan rings is 1. The fraction of sp³-hybridized carbons (Fsp3) is 0.0526. The topological polar surface area (TPSA) is 64.4 Å². The zero-order chi connectivity index (χ0) is 19.9. The molecule has 2 aromatic heterocycles. The van der Waals surface area contributed by atoms with E-state index in [-0.39, 0.29) is 5.56 Å². The molecule has 0 spiro atoms. The zero-order valence-corrected chi connectivity index (χ0v) is 15.4. The highest BCUT2D eigenvalue weighted by molar-refractivity contribution is 6.35. The van der Waals surface area contributed by atoms with Crippen molar-refractivity contribution in [2.45, 2.75) is 6.11 Å². The Labute approximate surface area is 166 Å². The number of alkyl halides is 2. The number of benzene rings is 2. The largest absolute Gasteiger partial charge is 0.456 e. The van der Waals surface area contributed by atoms with Gasteiger partial charge in [0, 0.05) is 23.2 Å². The number of hydrogen-bond donors (Lipinski definition) is 1. The number of nitrogens with one attached hydrogen (secondary N) is 1. The van der Waals surface area contributed by atoms with Gasteiger partial charge in [-0.3, -0.25) is 9.78 Å². The molecule has 0 aliphatic carbocycles. The second kappa shape index (κ2) is 7.01. The number of para-hydroxylation sites is 1. The number of fused-ring (bicyclic) bond motifs is 3. The Morgan fingerprint density at radius 3 is 2.46 bits per heavy atom. The maximum absolute atomic E-state index is 14.4. The summed E-state index contributed by atoms with van der Waals surface area (Å²) in [4.78, 5) is 20.5. The van der Waals surface area contributed by atoms with Gasteiger partial charge in [0.1, 0.15) is 11.2 Å². The Morgan fingerprint density at radius 2 is 1.71 bits per heavy atom. The Balaban J connectivity index is 1.66. The van der Waals surface area contributed by atoms with E-state index in [1.165, 1.54) is 6.07 Å². The summed E-state index contributed by atoms with van der Waals surface area (Å²) in [6.07, 6.45) is -1.97. The van der Waals surface area contributed by atoms with Crippen LogP contribution in [0.15, 0.2) is 59.3 Å². The first-order valence-electron chi connectivity index (χ1n) is 7.94. The number of halogens is 4. The van der Waals surface area contributed by atoms with Gasteiger partial charge in [0.2, 0.25) is 0 Å². The number of nitrogens with zero attached hydrogens (tertiary/aromatic N) is 1. The Bertz CT molecular complexity index is 1190. The van der Waals surface area contributed by atoms with Crippen LogP contribution in [0.5, 0.6) is 0 Å². The maximum Gasteiger partial charge on any atom is 0.405 e. The van der Waals surface area contributed by atoms with E-state index in [1.807, 2.05) is 0 Å². The molecule has 2 heterocycles. The smallest absolute Gasteiger partial charge is 0.405 e. The van der Waals surface area contributed by atoms with Crippen LogP contribution in [0.4, 0.5) is 8.78 Å². The van der Waals surface area contributed by atoms with Crippen LogP contribution < -0.4 is 5.48 Å². The van der Waals surface area contributed by atoms with Crippen molar-refractivity contribution >= 4 is 51.0 Å². The van der Waals surface area contributed by atoms with Gasteiger partial charge in [-0.15, -0.1) is 0 Å². The average molecular weight is 423 g/mol. The quantitative estimate of drug-likeness (QED) is 0.428. The highest BCUT2D eigenvalue weighted by Crippen LogP contribution is 2.38. The van der Waals surface area contributed by atoms with E-state index in [9.17, 15) is 13.6 Å². The van der Waals surface area contributed by atoms with Gasteiger partial charge >= 0.3 is 6.11 Å². The second-order valence-corrected chi connectivity index (χ2v) is 6.62. The fourth-order valence-corrected chi connectivity index (χ4v) is 3.45. The van der Waals surface area contributed by atoms with E-state index in [0.29, 0.717) is 21.9 Å². The molecule has 0 radical (unpaired) electrons. The summed E-state index contributed by atoms with van der Waals surface area (Å²) in [5.41, 5.74) is 2.11. The average Bonchev–Trinajstić information content (AvgIpc) is 3.04. The van der Waals surface area contributed by atoms with Crippen LogP contribution >= 0.6 is 23.2 Å². The molecule has 28 heavy (non-hydrogen) atoms. The Morgan fingerprint density at radius 1 is 1.04 bits per heavy atom. The summed E-state index contributed by atoms with van der Waals surface area (Å²) in [5.74, 6) is -0.877. The van der Waals surface area contributed by atoms with Crippen LogP contribution in [0.2, 0.25) is 10.0 Å². The number of carbonyl (C=O) groups is 1. The zero-order valence-electron chi connectivity index (χ0n) is 13.9. The summed E-state index contributed by atoms with van der Waals surface area (Å²) in [7, 11) is 0. The third-order valence-corrected chi connectivity index (χ3v) is 4.64. The van der Waals surface area contributed by atoms with Gasteiger partial charge in [-0.1, -0.05) is 47.5 Å². The molecular weight excluding hydrogens is 413 g/mol. The molecule has 4 rings (SSSR count). The fourth-order valence-electron chi connectivity index (χ4n) is 2.87. The molecule has 9 heteroatoms. The first-order chi connectivity index (χ1) is 13.4. The number of amides is 1. The van der Waals surface area contributed by atoms with Crippen molar-refractivity contribution in [3.8, 4) is 0 Å². The van der Waals surface area contributed by atoms with Crippen LogP contribution in [0.1, 0.15) is 15.9 Å². The first kappa shape index (κ1) is 18.6. The predicted octanol–water partition coefficient (Wildman–Crippen LogP) is 5.70. The third kappa shape index (κ3) is 3.17. The van der Waals surface area contributed by atoms with Gasteiger partial charge in [-0.2, -0.15) is 13.6 Å². The summed E-state index contributed by atoms with van der Waals surface area (Å²) < 4.78 is 34.5. The third-order valence-electron chi connectivity index (χ3n) is 4.06. The van der Waals surface area contributed by atoms with Crippen molar-refractivity contribution < 1.29 is 22.8 Å². The molecule has 1 N–H and O–H groups in total. The van der Waals surface area contributed by atoms with Gasteiger partial charge in [0.15, 0.2) is 0 Å². The molecule has 0 saturated carbocycles. The van der Waals surface area contributed by atoms with E-state index in [0.717, 1.165) is 12.4 Å². The van der Waals surface area contributed by atoms with Gasteiger partial charge in [-0.05, 0) is 18.2 Å². The van der Waals surface area contributed by atoms with Gasteiger partial charge in [0.05, 0.1) is 21.2 Å². The lowest BCUT2D eigenvalue weighted by Crippen LogP contribution is -2.33. The van der Waals surface area contributed by atoms with Crippen LogP contribution in [0.25, 0.3) is 21.9 Å². The SMILES string of the molecule is O=C(NOC(F)(F)c1c(Cl)cncc1Cl)c1cccc2oc3ccccc3c12. The highest BCUT2D eigenvalue weighted by atomic mass is 35.5. The van der Waals surface area contributed by atoms with Gasteiger partial charge in [-0.25, -0.2) is 5.48 Å². The van der Waals surface area contributed by atoms with Crippen molar-refractivity contribution in [3.63, 3.8) is 0 Å². The van der Waals surface area contributed by atoms with Crippen molar-refractivity contribution in [2.24, 2.45) is 0 Å². The minimum Gasteiger partial charge on any atom is -0.456 e. The number of hydroxylamine groups is 1. The summed E-state index contributed by atoms with van der Waals surface area (Å²) in [6, 6.07) is 11.8. The monoisotopic (exact) mass is 422 g/mol. The second-order valence-electron chi connectivity index (χ2n) is 5.81. The maximum atomic E-state index is 14.4. The molecule has 0 fully saturated rings. The number of hydrogen-bond acceptors (Lipinski definition) is 4. The Hall–Kier alpha value is -2.74. The summed E-state index contributed by atoms with van der Waals surface area (Å²) in [6.45, 7) is 0. The molecule has 0 unspecified atom stereocenters. The molecule has 0 aliphatic heterocycles. The molecular formula is C19H10Cl2F2N2O3. The standard InChI is InChI=1S/C19H10Cl2F2N2O3/c20-12-8-24-9-13(21)17(12)19(22,23)28-25-18(26)11-5-3-7-15-16(11)10-4-1-2-6-14(10)27-15/h1-9H,(H,25,26). The van der Waals surface area contributed by atoms with Crippen LogP contribution in [0, 0.1) is 0 Å². The molecule has 4 aromatic rings. The normalized spacial score (nSPS) is 11.9. The van der Waals surface area contributed by atoms with E-state index in [1.54, 1.807) is 41.9 Å². The predicted molar refractivity (Wildman–Crippen MR) is 100 cm³/mol. The number of aromatic nitrogens is 1. The Kier molecular flexibility index (Phi) is 4.66. The minimum absolute atomic E-state index is 0.116. The molecule has 142 valence electrons. The molecule has 2 aromatic carbocycles. The number of pyridine rings is 1. The van der Waals surface area contributed by atoms with Crippen molar-refractivity contribution in [1.82, 2.24) is 10.5 Å². The molecule has 0 bridgehead atoms. The minimum atomic E-state index is -3.97. The van der Waals surface area contributed by atoms with E-state index >= 15 is 0 Å². The molecule has 0 saturated heterocycles. The number of rotatable bonds is 4. The van der Waals surface area contributed by atoms with Gasteiger partial charge < -0.3 is 4.42 Å². The highest BCUT2D eigenvalue weighted by Gasteiger charge is 2.39. The van der Waals surface area contributed by atoms with Crippen LogP contribution in [-0.2, 0) is 10.9 Å². The molecule has 0 atom stereocenters. The van der Waals surface area contributed by atoms with Crippen LogP contribution in [0.3, 0.4) is 0 Å². The lowest BCUT2D eigenvalue weighted by Gasteiger charge is -2.19. The lowest BCUT2D eigenvalue weighted by atomic mass is 10.1. The molecule has 5 nitrogen and oxygen atoms in total. The van der Waals surface area contributed by atoms with Crippen molar-refractivity contribution in [1.29, 1.82) is 0 Å². The summed E-state index contributed by atoms with van der Waals surface area (Å²) in [5, 5.41) is 0.377. The summed E-state index contributed by atoms with van der Waals surface area (Å²) >= 11 is 11.5. The van der Waals surface area contributed by atoms with Crippen molar-refractivity contribution in [3.05, 3.63) is 76.0 Å². The first-order valence-corrected chi connectivity index (χ1v) is 8.70. The van der Waals surface area contributed by atoms with Crippen molar-refractivity contribution in [2.75, 3.05) is 0 Å².